The molecule has 275 valence electrons. The van der Waals surface area contributed by atoms with Crippen molar-refractivity contribution in [3.05, 3.63) is 154 Å². The molecule has 0 bridgehead atoms. The number of fused-ring (bicyclic) bond motifs is 3. The minimum atomic E-state index is -2.59. The zero-order valence-corrected chi connectivity index (χ0v) is 33.3. The largest absolute Gasteiger partial charge is 0.501 e. The topological polar surface area (TPSA) is 38.9 Å². The molecule has 4 heteroatoms. The van der Waals surface area contributed by atoms with E-state index < -0.39 is 45.1 Å². The van der Waals surface area contributed by atoms with Gasteiger partial charge in [-0.2, -0.15) is 0 Å². The second kappa shape index (κ2) is 15.9. The molecule has 0 aliphatic carbocycles. The monoisotopic (exact) mass is 892 g/mol. The molecule has 3 heterocycles. The molecule has 1 radical (unpaired) electrons. The Kier molecular flexibility index (Phi) is 7.25. The van der Waals surface area contributed by atoms with Crippen LogP contribution in [-0.4, -0.2) is 9.97 Å². The van der Waals surface area contributed by atoms with Crippen LogP contribution in [0.5, 0.6) is 0 Å². The van der Waals surface area contributed by atoms with Crippen LogP contribution in [0, 0.1) is 45.0 Å². The minimum absolute atomic E-state index is 0. The summed E-state index contributed by atoms with van der Waals surface area (Å²) >= 11 is 0. The fraction of sp³-hybridized carbons (Fsp3) is 0.306. The molecule has 0 aliphatic heterocycles. The van der Waals surface area contributed by atoms with Crippen LogP contribution in [0.3, 0.4) is 0 Å². The van der Waals surface area contributed by atoms with E-state index in [0.29, 0.717) is 38.7 Å². The Bertz CT molecular complexity index is 2920. The molecular formula is C49H52IrN2O-2. The van der Waals surface area contributed by atoms with Gasteiger partial charge in [0.05, 0.1) is 5.58 Å². The average molecular weight is 892 g/mol. The number of aromatic nitrogens is 2. The molecule has 0 saturated heterocycles. The van der Waals surface area contributed by atoms with Gasteiger partial charge in [-0.1, -0.05) is 133 Å². The molecule has 0 amide bonds. The quantitative estimate of drug-likeness (QED) is 0.156. The van der Waals surface area contributed by atoms with E-state index in [1.807, 2.05) is 36.4 Å². The third-order valence-electron chi connectivity index (χ3n) is 8.97. The van der Waals surface area contributed by atoms with Gasteiger partial charge in [-0.15, -0.1) is 53.1 Å². The van der Waals surface area contributed by atoms with Crippen LogP contribution < -0.4 is 0 Å². The maximum absolute atomic E-state index is 8.90. The van der Waals surface area contributed by atoms with E-state index in [9.17, 15) is 0 Å². The van der Waals surface area contributed by atoms with Gasteiger partial charge in [-0.05, 0) is 76.7 Å². The molecule has 0 aliphatic rings. The number of hydrogen-bond acceptors (Lipinski definition) is 3. The Morgan fingerprint density at radius 1 is 0.774 bits per heavy atom. The Hall–Kier alpha value is -4.37. The zero-order valence-electron chi connectivity index (χ0n) is 45.9. The third kappa shape index (κ3) is 8.72. The first-order valence-corrected chi connectivity index (χ1v) is 17.1. The number of rotatable bonds is 6. The van der Waals surface area contributed by atoms with E-state index in [2.05, 4.69) is 48.1 Å². The second-order valence-electron chi connectivity index (χ2n) is 14.7. The second-order valence-corrected chi connectivity index (χ2v) is 14.7. The Morgan fingerprint density at radius 2 is 1.51 bits per heavy atom. The van der Waals surface area contributed by atoms with Crippen molar-refractivity contribution in [1.29, 1.82) is 0 Å². The summed E-state index contributed by atoms with van der Waals surface area (Å²) in [7, 11) is 0. The molecule has 53 heavy (non-hydrogen) atoms. The molecule has 7 aromatic rings. The Balaban J connectivity index is 0.000000294. The van der Waals surface area contributed by atoms with Crippen LogP contribution in [0.2, 0.25) is 0 Å². The van der Waals surface area contributed by atoms with E-state index in [0.717, 1.165) is 11.1 Å². The van der Waals surface area contributed by atoms with E-state index in [1.165, 1.54) is 36.7 Å². The van der Waals surface area contributed by atoms with Gasteiger partial charge in [0.25, 0.3) is 0 Å². The number of benzene rings is 4. The molecule has 0 saturated carbocycles. The maximum atomic E-state index is 8.90. The van der Waals surface area contributed by atoms with Gasteiger partial charge in [0, 0.05) is 63.9 Å². The standard InChI is InChI=1S/C33H34NO.C16H18N.Ir/c1-21-13-15-26(28-17-23(19-32(3,4)5)22(2)20-34-28)31-30(21)27-16-14-25(18-29(27)35-31)33(6,7)24-11-9-8-10-12-24;1-11(2)15-9-16(17-10-13(15)4)14-7-5-12(3)6-8-14;/h8-14,16-18,20H,19H2,1-7H3;5-7,9-11H,1-4H3;/q2*-1;/i1D3,2D3,19D2;3D3,4D3,11D;. The molecule has 0 unspecified atom stereocenters. The molecule has 4 aromatic carbocycles. The van der Waals surface area contributed by atoms with E-state index in [-0.39, 0.29) is 64.6 Å². The normalized spacial score (nSPS) is 17.4. The summed E-state index contributed by atoms with van der Waals surface area (Å²) in [5, 5.41) is 1.02. The minimum Gasteiger partial charge on any atom is -0.501 e. The van der Waals surface area contributed by atoms with Gasteiger partial charge < -0.3 is 14.4 Å². The van der Waals surface area contributed by atoms with Gasteiger partial charge >= 0.3 is 0 Å². The van der Waals surface area contributed by atoms with Crippen molar-refractivity contribution in [2.45, 2.75) is 93.6 Å². The number of furan rings is 1. The molecule has 7 rings (SSSR count). The molecule has 3 nitrogen and oxygen atoms in total. The maximum Gasteiger partial charge on any atom is 0.121 e. The van der Waals surface area contributed by atoms with Crippen LogP contribution in [0.1, 0.15) is 119 Å². The van der Waals surface area contributed by atoms with Crippen molar-refractivity contribution in [3.63, 3.8) is 0 Å². The summed E-state index contributed by atoms with van der Waals surface area (Å²) in [6, 6.07) is 30.6. The molecule has 0 atom stereocenters. The third-order valence-corrected chi connectivity index (χ3v) is 8.97. The molecule has 3 aromatic heterocycles. The summed E-state index contributed by atoms with van der Waals surface area (Å²) < 4.78 is 126. The van der Waals surface area contributed by atoms with Crippen LogP contribution in [0.25, 0.3) is 44.5 Å². The molecule has 0 N–H and O–H groups in total. The van der Waals surface area contributed by atoms with E-state index in [4.69, 9.17) is 25.0 Å². The van der Waals surface area contributed by atoms with Gasteiger partial charge in [-0.3, -0.25) is 0 Å². The Morgan fingerprint density at radius 3 is 2.17 bits per heavy atom. The molecule has 0 fully saturated rings. The zero-order chi connectivity index (χ0) is 50.1. The van der Waals surface area contributed by atoms with Crippen molar-refractivity contribution < 1.29 is 45.1 Å². The fourth-order valence-electron chi connectivity index (χ4n) is 6.12. The van der Waals surface area contributed by atoms with Crippen LogP contribution in [0.15, 0.2) is 102 Å². The molecule has 0 spiro atoms. The van der Waals surface area contributed by atoms with Gasteiger partial charge in [-0.25, -0.2) is 0 Å². The first-order valence-electron chi connectivity index (χ1n) is 24.6. The van der Waals surface area contributed by atoms with Crippen molar-refractivity contribution in [3.8, 4) is 22.5 Å². The molecular weight excluding hydrogens is 825 g/mol. The summed E-state index contributed by atoms with van der Waals surface area (Å²) in [5.74, 6) is -1.11. The smallest absolute Gasteiger partial charge is 0.121 e. The first-order chi connectivity index (χ1) is 30.5. The Labute approximate surface area is 351 Å². The number of nitrogens with zero attached hydrogens (tertiary/aromatic N) is 2. The van der Waals surface area contributed by atoms with E-state index >= 15 is 0 Å². The average Bonchev–Trinajstić information content (AvgIpc) is 3.60. The summed E-state index contributed by atoms with van der Waals surface area (Å²) in [5.41, 5.74) is 3.57. The van der Waals surface area contributed by atoms with Crippen LogP contribution in [0.4, 0.5) is 0 Å². The number of aryl methyl sites for hydroxylation is 4. The van der Waals surface area contributed by atoms with Crippen molar-refractivity contribution >= 4 is 21.9 Å². The van der Waals surface area contributed by atoms with Crippen molar-refractivity contribution in [2.24, 2.45) is 5.41 Å². The fourth-order valence-corrected chi connectivity index (χ4v) is 6.12. The van der Waals surface area contributed by atoms with Gasteiger partial charge in [0.1, 0.15) is 5.58 Å². The van der Waals surface area contributed by atoms with Gasteiger partial charge in [0.2, 0.25) is 0 Å². The summed E-state index contributed by atoms with van der Waals surface area (Å²) in [6.45, 7) is 2.96. The SMILES string of the molecule is [2H]C([2H])([2H])c1c[c-]c(-c2cc(C([2H])(C)C)c(C([2H])([2H])[2H])cn2)cc1.[2H]C([2H])([2H])c1cnc(-c2[c-]cc(C([2H])([2H])[2H])c3c2oc2cc(C(C)(C)c4ccccc4)ccc23)cc1C([2H])([2H])C(C)(C)C.[Ir]. The number of pyridine rings is 2. The van der Waals surface area contributed by atoms with Crippen molar-refractivity contribution in [2.75, 3.05) is 0 Å². The summed E-state index contributed by atoms with van der Waals surface area (Å²) in [6.07, 6.45) is 0.416. The predicted octanol–water partition coefficient (Wildman–Crippen LogP) is 13.3. The predicted molar refractivity (Wildman–Crippen MR) is 219 cm³/mol. The summed E-state index contributed by atoms with van der Waals surface area (Å²) in [4.78, 5) is 8.59. The van der Waals surface area contributed by atoms with Crippen LogP contribution >= 0.6 is 0 Å². The first kappa shape index (κ1) is 24.1. The van der Waals surface area contributed by atoms with Crippen molar-refractivity contribution in [1.82, 2.24) is 9.97 Å². The van der Waals surface area contributed by atoms with Gasteiger partial charge in [0.15, 0.2) is 0 Å². The van der Waals surface area contributed by atoms with E-state index in [1.54, 1.807) is 46.8 Å². The van der Waals surface area contributed by atoms with Crippen LogP contribution in [-0.2, 0) is 31.9 Å². The number of hydrogen-bond donors (Lipinski definition) is 0.